The standard InChI is InChI=1S/C24H25N3O5/c1-3-17-12-19(26-32-17)18-6-4-15(13-25-18)14-5-7-20-16(10-14)11-21-22(8-9-23(28)30-2)31-24(29)27(20)21/h4-7,10,13,17,21-22H,3,8-9,11-12H2,1-2H3/t17?,21-,22-/m0/s1. The second-order valence-corrected chi connectivity index (χ2v) is 8.33. The highest BCUT2D eigenvalue weighted by Crippen LogP contribution is 2.41. The fourth-order valence-electron chi connectivity index (χ4n) is 4.60. The Hall–Kier alpha value is -3.42. The zero-order valence-electron chi connectivity index (χ0n) is 18.1. The van der Waals surface area contributed by atoms with Gasteiger partial charge in [0.05, 0.1) is 24.5 Å². The molecule has 3 atom stereocenters. The summed E-state index contributed by atoms with van der Waals surface area (Å²) in [6.07, 6.45) is 4.40. The van der Waals surface area contributed by atoms with Gasteiger partial charge in [-0.05, 0) is 48.6 Å². The molecule has 1 aromatic heterocycles. The van der Waals surface area contributed by atoms with Gasteiger partial charge in [-0.2, -0.15) is 0 Å². The number of aromatic nitrogens is 1. The summed E-state index contributed by atoms with van der Waals surface area (Å²) in [7, 11) is 1.36. The van der Waals surface area contributed by atoms with E-state index in [1.54, 1.807) is 4.90 Å². The summed E-state index contributed by atoms with van der Waals surface area (Å²) in [4.78, 5) is 35.7. The molecule has 1 saturated heterocycles. The van der Waals surface area contributed by atoms with E-state index in [0.717, 1.165) is 46.6 Å². The number of rotatable bonds is 6. The van der Waals surface area contributed by atoms with Gasteiger partial charge < -0.3 is 14.3 Å². The van der Waals surface area contributed by atoms with Crippen molar-refractivity contribution in [2.24, 2.45) is 5.16 Å². The van der Waals surface area contributed by atoms with Crippen LogP contribution >= 0.6 is 0 Å². The molecular formula is C24H25N3O5. The minimum atomic E-state index is -0.354. The third kappa shape index (κ3) is 3.59. The fourth-order valence-corrected chi connectivity index (χ4v) is 4.60. The maximum absolute atomic E-state index is 12.5. The lowest BCUT2D eigenvalue weighted by molar-refractivity contribution is -0.141. The number of cyclic esters (lactones) is 1. The molecule has 4 heterocycles. The maximum Gasteiger partial charge on any atom is 0.415 e. The Morgan fingerprint density at radius 2 is 2.06 bits per heavy atom. The number of hydrogen-bond acceptors (Lipinski definition) is 7. The van der Waals surface area contributed by atoms with Crippen molar-refractivity contribution in [2.45, 2.75) is 57.3 Å². The summed E-state index contributed by atoms with van der Waals surface area (Å²) in [5.41, 5.74) is 5.73. The number of oxime groups is 1. The van der Waals surface area contributed by atoms with Crippen LogP contribution in [0.1, 0.15) is 43.9 Å². The molecule has 0 saturated carbocycles. The molecule has 2 aromatic rings. The molecule has 0 N–H and O–H groups in total. The first-order valence-corrected chi connectivity index (χ1v) is 11.0. The van der Waals surface area contributed by atoms with E-state index >= 15 is 0 Å². The first kappa shape index (κ1) is 20.5. The third-order valence-corrected chi connectivity index (χ3v) is 6.42. The molecule has 0 spiro atoms. The van der Waals surface area contributed by atoms with Crippen LogP contribution in [0.4, 0.5) is 10.5 Å². The molecule has 8 heteroatoms. The number of carbonyl (C=O) groups is 2. The maximum atomic E-state index is 12.5. The Balaban J connectivity index is 1.32. The number of ether oxygens (including phenoxy) is 2. The summed E-state index contributed by atoms with van der Waals surface area (Å²) in [5.74, 6) is -0.298. The molecule has 32 heavy (non-hydrogen) atoms. The van der Waals surface area contributed by atoms with Crippen molar-refractivity contribution >= 4 is 23.5 Å². The summed E-state index contributed by atoms with van der Waals surface area (Å²) >= 11 is 0. The predicted molar refractivity (Wildman–Crippen MR) is 117 cm³/mol. The third-order valence-electron chi connectivity index (χ3n) is 6.42. The smallest absolute Gasteiger partial charge is 0.415 e. The second kappa shape index (κ2) is 8.26. The molecule has 1 unspecified atom stereocenters. The van der Waals surface area contributed by atoms with E-state index in [-0.39, 0.29) is 36.7 Å². The normalized spacial score (nSPS) is 23.3. The molecule has 3 aliphatic heterocycles. The second-order valence-electron chi connectivity index (χ2n) is 8.33. The minimum absolute atomic E-state index is 0.0928. The van der Waals surface area contributed by atoms with Crippen molar-refractivity contribution in [3.63, 3.8) is 0 Å². The number of carbonyl (C=O) groups excluding carboxylic acids is 2. The number of methoxy groups -OCH3 is 1. The lowest BCUT2D eigenvalue weighted by Gasteiger charge is -2.16. The number of esters is 1. The Morgan fingerprint density at radius 3 is 2.78 bits per heavy atom. The lowest BCUT2D eigenvalue weighted by Crippen LogP contribution is -2.33. The number of pyridine rings is 1. The van der Waals surface area contributed by atoms with Crippen LogP contribution in [0.15, 0.2) is 41.7 Å². The van der Waals surface area contributed by atoms with Gasteiger partial charge in [0.25, 0.3) is 0 Å². The van der Waals surface area contributed by atoms with Crippen molar-refractivity contribution in [3.05, 3.63) is 47.8 Å². The zero-order valence-corrected chi connectivity index (χ0v) is 18.1. The summed E-state index contributed by atoms with van der Waals surface area (Å²) in [5, 5.41) is 4.16. The Bertz CT molecular complexity index is 1080. The molecule has 3 aliphatic rings. The summed E-state index contributed by atoms with van der Waals surface area (Å²) < 4.78 is 10.2. The van der Waals surface area contributed by atoms with E-state index in [0.29, 0.717) is 12.8 Å². The quantitative estimate of drug-likeness (QED) is 0.640. The van der Waals surface area contributed by atoms with Gasteiger partial charge in [0.15, 0.2) is 0 Å². The number of fused-ring (bicyclic) bond motifs is 3. The molecule has 0 aliphatic carbocycles. The van der Waals surface area contributed by atoms with Gasteiger partial charge in [-0.3, -0.25) is 14.7 Å². The van der Waals surface area contributed by atoms with Crippen LogP contribution in [0.3, 0.4) is 0 Å². The van der Waals surface area contributed by atoms with Crippen LogP contribution in [-0.2, 0) is 25.5 Å². The number of anilines is 1. The topological polar surface area (TPSA) is 90.3 Å². The molecular weight excluding hydrogens is 410 g/mol. The van der Waals surface area contributed by atoms with Crippen LogP contribution in [-0.4, -0.2) is 48.1 Å². The first-order chi connectivity index (χ1) is 15.6. The predicted octanol–water partition coefficient (Wildman–Crippen LogP) is 3.85. The molecule has 1 amide bonds. The molecule has 1 aromatic carbocycles. The van der Waals surface area contributed by atoms with Crippen LogP contribution in [0.5, 0.6) is 0 Å². The Morgan fingerprint density at radius 1 is 1.22 bits per heavy atom. The Labute approximate surface area is 186 Å². The largest absolute Gasteiger partial charge is 0.469 e. The average molecular weight is 435 g/mol. The van der Waals surface area contributed by atoms with E-state index < -0.39 is 0 Å². The van der Waals surface area contributed by atoms with E-state index in [1.807, 2.05) is 30.5 Å². The number of amides is 1. The van der Waals surface area contributed by atoms with Gasteiger partial charge in [0, 0.05) is 24.6 Å². The lowest BCUT2D eigenvalue weighted by atomic mass is 9.99. The van der Waals surface area contributed by atoms with Crippen LogP contribution in [0.25, 0.3) is 11.1 Å². The van der Waals surface area contributed by atoms with Crippen molar-refractivity contribution in [2.75, 3.05) is 12.0 Å². The summed E-state index contributed by atoms with van der Waals surface area (Å²) in [6, 6.07) is 9.99. The number of nitrogens with zero attached hydrogens (tertiary/aromatic N) is 3. The highest BCUT2D eigenvalue weighted by molar-refractivity contribution is 6.00. The number of benzene rings is 1. The van der Waals surface area contributed by atoms with Crippen molar-refractivity contribution in [3.8, 4) is 11.1 Å². The number of hydrogen-bond donors (Lipinski definition) is 0. The van der Waals surface area contributed by atoms with Gasteiger partial charge in [0.2, 0.25) is 0 Å². The zero-order chi connectivity index (χ0) is 22.2. The molecule has 0 radical (unpaired) electrons. The molecule has 166 valence electrons. The van der Waals surface area contributed by atoms with E-state index in [9.17, 15) is 9.59 Å². The SMILES string of the molecule is CCC1CC(c2ccc(-c3ccc4c(c3)C[C@H]3[C@H](CCC(=O)OC)OC(=O)N43)cn2)=NO1. The van der Waals surface area contributed by atoms with Crippen LogP contribution < -0.4 is 4.90 Å². The highest BCUT2D eigenvalue weighted by atomic mass is 16.6. The van der Waals surface area contributed by atoms with Gasteiger partial charge in [-0.25, -0.2) is 4.79 Å². The van der Waals surface area contributed by atoms with Crippen molar-refractivity contribution in [1.29, 1.82) is 0 Å². The summed E-state index contributed by atoms with van der Waals surface area (Å²) in [6.45, 7) is 2.08. The monoisotopic (exact) mass is 435 g/mol. The molecule has 1 fully saturated rings. The minimum Gasteiger partial charge on any atom is -0.469 e. The van der Waals surface area contributed by atoms with Crippen molar-refractivity contribution in [1.82, 2.24) is 4.98 Å². The van der Waals surface area contributed by atoms with Crippen molar-refractivity contribution < 1.29 is 23.9 Å². The fraction of sp³-hybridized carbons (Fsp3) is 0.417. The van der Waals surface area contributed by atoms with Crippen LogP contribution in [0.2, 0.25) is 0 Å². The van der Waals surface area contributed by atoms with Gasteiger partial charge in [-0.1, -0.05) is 24.2 Å². The van der Waals surface area contributed by atoms with Gasteiger partial charge >= 0.3 is 12.1 Å². The first-order valence-electron chi connectivity index (χ1n) is 11.0. The molecule has 5 rings (SSSR count). The Kier molecular flexibility index (Phi) is 5.28. The van der Waals surface area contributed by atoms with Crippen LogP contribution in [0, 0.1) is 0 Å². The van der Waals surface area contributed by atoms with E-state index in [4.69, 9.17) is 14.3 Å². The van der Waals surface area contributed by atoms with Gasteiger partial charge in [-0.15, -0.1) is 0 Å². The molecule has 0 bridgehead atoms. The van der Waals surface area contributed by atoms with E-state index in [1.165, 1.54) is 7.11 Å². The highest BCUT2D eigenvalue weighted by Gasteiger charge is 2.47. The van der Waals surface area contributed by atoms with E-state index in [2.05, 4.69) is 23.1 Å². The average Bonchev–Trinajstić information content (AvgIpc) is 3.52. The molecule has 8 nitrogen and oxygen atoms in total. The van der Waals surface area contributed by atoms with Gasteiger partial charge in [0.1, 0.15) is 17.9 Å².